The minimum Gasteiger partial charge on any atom is -0.331 e. The van der Waals surface area contributed by atoms with Crippen LogP contribution >= 0.6 is 11.3 Å². The van der Waals surface area contributed by atoms with Crippen LogP contribution < -0.4 is 4.72 Å². The number of hydrogen-bond donors (Lipinski definition) is 1. The van der Waals surface area contributed by atoms with Crippen LogP contribution in [0.5, 0.6) is 0 Å². The lowest BCUT2D eigenvalue weighted by Gasteiger charge is -2.35. The molecule has 0 bridgehead atoms. The van der Waals surface area contributed by atoms with Crippen molar-refractivity contribution in [3.8, 4) is 0 Å². The maximum Gasteiger partial charge on any atom is 0.254 e. The van der Waals surface area contributed by atoms with Gasteiger partial charge >= 0.3 is 0 Å². The van der Waals surface area contributed by atoms with Crippen LogP contribution in [0.1, 0.15) is 40.2 Å². The number of sulfonamides is 1. The number of thiophene rings is 1. The van der Waals surface area contributed by atoms with Gasteiger partial charge in [-0.05, 0) is 61.2 Å². The molecule has 7 heteroatoms. The number of carbonyl (C=O) groups excluding carboxylic acids is 1. The Hall–Kier alpha value is -1.70. The fourth-order valence-corrected chi connectivity index (χ4v) is 4.80. The summed E-state index contributed by atoms with van der Waals surface area (Å²) in [5.41, 5.74) is 1.76. The second kappa shape index (κ2) is 6.66. The maximum absolute atomic E-state index is 12.9. The van der Waals surface area contributed by atoms with Crippen LogP contribution in [0.25, 0.3) is 0 Å². The topological polar surface area (TPSA) is 66.5 Å². The molecule has 0 aliphatic carbocycles. The maximum atomic E-state index is 12.9. The number of rotatable bonds is 4. The molecule has 0 saturated heterocycles. The van der Waals surface area contributed by atoms with Crippen molar-refractivity contribution in [2.75, 3.05) is 13.6 Å². The van der Waals surface area contributed by atoms with Crippen molar-refractivity contribution in [1.82, 2.24) is 9.62 Å². The summed E-state index contributed by atoms with van der Waals surface area (Å²) in [6.07, 6.45) is 1.74. The van der Waals surface area contributed by atoms with Gasteiger partial charge in [0, 0.05) is 17.0 Å². The van der Waals surface area contributed by atoms with Crippen LogP contribution in [0.15, 0.2) is 40.6 Å². The fourth-order valence-electron chi connectivity index (χ4n) is 3.14. The number of nitrogens with zero attached hydrogens (tertiary/aromatic N) is 1. The van der Waals surface area contributed by atoms with Crippen LogP contribution in [0.4, 0.5) is 0 Å². The zero-order valence-electron chi connectivity index (χ0n) is 13.7. The number of benzene rings is 1. The summed E-state index contributed by atoms with van der Waals surface area (Å²) in [4.78, 5) is 16.3. The Bertz CT molecular complexity index is 841. The van der Waals surface area contributed by atoms with Gasteiger partial charge in [-0.1, -0.05) is 6.92 Å². The molecule has 1 aliphatic rings. The first kappa shape index (κ1) is 17.1. The number of carbonyl (C=O) groups is 1. The molecule has 0 unspecified atom stereocenters. The summed E-state index contributed by atoms with van der Waals surface area (Å²) < 4.78 is 25.8. The Kier molecular flexibility index (Phi) is 4.76. The van der Waals surface area contributed by atoms with Gasteiger partial charge in [0.2, 0.25) is 10.0 Å². The lowest BCUT2D eigenvalue weighted by atomic mass is 9.97. The summed E-state index contributed by atoms with van der Waals surface area (Å²) in [6, 6.07) is 8.31. The molecule has 24 heavy (non-hydrogen) atoms. The van der Waals surface area contributed by atoms with E-state index in [0.29, 0.717) is 12.1 Å². The molecule has 0 fully saturated rings. The largest absolute Gasteiger partial charge is 0.331 e. The zero-order valence-corrected chi connectivity index (χ0v) is 15.3. The highest BCUT2D eigenvalue weighted by molar-refractivity contribution is 7.89. The molecule has 2 heterocycles. The normalized spacial score (nSPS) is 17.6. The molecule has 5 nitrogen and oxygen atoms in total. The molecular formula is C17H20N2O3S2. The van der Waals surface area contributed by atoms with Gasteiger partial charge < -0.3 is 4.90 Å². The SMILES string of the molecule is CC[C@@H]1c2ccsc2CCN1C(=O)c1ccc(S(=O)(=O)NC)cc1. The zero-order chi connectivity index (χ0) is 17.3. The van der Waals surface area contributed by atoms with Crippen LogP contribution in [0, 0.1) is 0 Å². The van der Waals surface area contributed by atoms with E-state index in [1.807, 2.05) is 4.90 Å². The first-order chi connectivity index (χ1) is 11.5. The summed E-state index contributed by atoms with van der Waals surface area (Å²) in [5.74, 6) is -0.0490. The van der Waals surface area contributed by atoms with Gasteiger partial charge in [0.25, 0.3) is 5.91 Å². The minimum atomic E-state index is -3.49. The average molecular weight is 364 g/mol. The molecule has 128 valence electrons. The summed E-state index contributed by atoms with van der Waals surface area (Å²) in [6.45, 7) is 2.78. The summed E-state index contributed by atoms with van der Waals surface area (Å²) >= 11 is 1.75. The van der Waals surface area contributed by atoms with Crippen LogP contribution in [-0.4, -0.2) is 32.8 Å². The Morgan fingerprint density at radius 2 is 2.00 bits per heavy atom. The molecule has 1 aromatic carbocycles. The van der Waals surface area contributed by atoms with E-state index >= 15 is 0 Å². The first-order valence-electron chi connectivity index (χ1n) is 7.88. The van der Waals surface area contributed by atoms with E-state index in [9.17, 15) is 13.2 Å². The predicted molar refractivity (Wildman–Crippen MR) is 94.8 cm³/mol. The quantitative estimate of drug-likeness (QED) is 0.907. The molecule has 0 radical (unpaired) electrons. The first-order valence-corrected chi connectivity index (χ1v) is 10.2. The van der Waals surface area contributed by atoms with Crippen LogP contribution in [0.2, 0.25) is 0 Å². The van der Waals surface area contributed by atoms with Gasteiger partial charge in [-0.15, -0.1) is 11.3 Å². The van der Waals surface area contributed by atoms with Crippen molar-refractivity contribution >= 4 is 27.3 Å². The van der Waals surface area contributed by atoms with Crippen LogP contribution in [-0.2, 0) is 16.4 Å². The molecule has 0 saturated carbocycles. The van der Waals surface area contributed by atoms with Gasteiger partial charge in [0.05, 0.1) is 10.9 Å². The number of fused-ring (bicyclic) bond motifs is 1. The molecule has 1 amide bonds. The van der Waals surface area contributed by atoms with Crippen molar-refractivity contribution in [1.29, 1.82) is 0 Å². The van der Waals surface area contributed by atoms with E-state index in [2.05, 4.69) is 23.1 Å². The third-order valence-corrected chi connectivity index (χ3v) is 6.85. The van der Waals surface area contributed by atoms with E-state index in [4.69, 9.17) is 0 Å². The molecule has 3 rings (SSSR count). The predicted octanol–water partition coefficient (Wildman–Crippen LogP) is 2.81. The molecule has 1 N–H and O–H groups in total. The van der Waals surface area contributed by atoms with Gasteiger partial charge in [0.15, 0.2) is 0 Å². The molecule has 1 aliphatic heterocycles. The highest BCUT2D eigenvalue weighted by Gasteiger charge is 2.30. The van der Waals surface area contributed by atoms with Crippen molar-refractivity contribution in [3.63, 3.8) is 0 Å². The van der Waals surface area contributed by atoms with E-state index in [1.54, 1.807) is 23.5 Å². The Morgan fingerprint density at radius 3 is 2.62 bits per heavy atom. The lowest BCUT2D eigenvalue weighted by Crippen LogP contribution is -2.39. The number of hydrogen-bond acceptors (Lipinski definition) is 4. The fraction of sp³-hybridized carbons (Fsp3) is 0.353. The van der Waals surface area contributed by atoms with E-state index in [-0.39, 0.29) is 16.8 Å². The molecule has 0 spiro atoms. The standard InChI is InChI=1S/C17H20N2O3S2/c1-3-15-14-9-11-23-16(14)8-10-19(15)17(20)12-4-6-13(7-5-12)24(21,22)18-2/h4-7,9,11,15,18H,3,8,10H2,1-2H3/t15-/m1/s1. The molecule has 1 atom stereocenters. The van der Waals surface area contributed by atoms with Crippen molar-refractivity contribution in [2.24, 2.45) is 0 Å². The average Bonchev–Trinajstić information content (AvgIpc) is 3.09. The third-order valence-electron chi connectivity index (χ3n) is 4.42. The van der Waals surface area contributed by atoms with E-state index < -0.39 is 10.0 Å². The minimum absolute atomic E-state index is 0.0490. The summed E-state index contributed by atoms with van der Waals surface area (Å²) in [5, 5.41) is 2.08. The highest BCUT2D eigenvalue weighted by atomic mass is 32.2. The van der Waals surface area contributed by atoms with Gasteiger partial charge in [-0.25, -0.2) is 13.1 Å². The van der Waals surface area contributed by atoms with Crippen LogP contribution in [0.3, 0.4) is 0 Å². The third kappa shape index (κ3) is 2.99. The van der Waals surface area contributed by atoms with Crippen molar-refractivity contribution < 1.29 is 13.2 Å². The Morgan fingerprint density at radius 1 is 1.29 bits per heavy atom. The van der Waals surface area contributed by atoms with Crippen molar-refractivity contribution in [3.05, 3.63) is 51.7 Å². The van der Waals surface area contributed by atoms with E-state index in [0.717, 1.165) is 12.8 Å². The van der Waals surface area contributed by atoms with Gasteiger partial charge in [-0.3, -0.25) is 4.79 Å². The monoisotopic (exact) mass is 364 g/mol. The van der Waals surface area contributed by atoms with Crippen molar-refractivity contribution in [2.45, 2.75) is 30.7 Å². The number of nitrogens with one attached hydrogen (secondary N) is 1. The Balaban J connectivity index is 1.87. The summed E-state index contributed by atoms with van der Waals surface area (Å²) in [7, 11) is -2.12. The molecule has 1 aromatic heterocycles. The molecular weight excluding hydrogens is 344 g/mol. The van der Waals surface area contributed by atoms with Gasteiger partial charge in [0.1, 0.15) is 0 Å². The van der Waals surface area contributed by atoms with Gasteiger partial charge in [-0.2, -0.15) is 0 Å². The lowest BCUT2D eigenvalue weighted by molar-refractivity contribution is 0.0657. The second-order valence-electron chi connectivity index (χ2n) is 5.70. The van der Waals surface area contributed by atoms with E-state index in [1.165, 1.54) is 29.6 Å². The smallest absolute Gasteiger partial charge is 0.254 e. The Labute approximate surface area is 146 Å². The molecule has 2 aromatic rings. The number of amides is 1. The highest BCUT2D eigenvalue weighted by Crippen LogP contribution is 2.36. The second-order valence-corrected chi connectivity index (χ2v) is 8.59.